The first-order chi connectivity index (χ1) is 14.5. The normalized spacial score (nSPS) is 22.5. The number of amides is 2. The SMILES string of the molecule is COC(=O)N1[C@H](c2cccc(C(C)C)c2)[C@@H]2C=C[C@H]1N(C(=O)Cc1ccccc1)O2. The Hall–Kier alpha value is -3.12. The molecule has 3 aliphatic heterocycles. The summed E-state index contributed by atoms with van der Waals surface area (Å²) in [6.07, 6.45) is 2.32. The second kappa shape index (κ2) is 8.32. The van der Waals surface area contributed by atoms with Crippen LogP contribution in [0.15, 0.2) is 66.7 Å². The molecule has 156 valence electrons. The molecular weight excluding hydrogens is 380 g/mol. The van der Waals surface area contributed by atoms with Crippen LogP contribution in [0.25, 0.3) is 0 Å². The molecular formula is C24H26N2O4. The lowest BCUT2D eigenvalue weighted by Gasteiger charge is -2.51. The minimum atomic E-state index is -0.661. The molecule has 0 N–H and O–H groups in total. The van der Waals surface area contributed by atoms with Crippen molar-refractivity contribution in [3.05, 3.63) is 83.4 Å². The lowest BCUT2D eigenvalue weighted by molar-refractivity contribution is -0.271. The van der Waals surface area contributed by atoms with Crippen LogP contribution in [-0.2, 0) is 20.8 Å². The number of methoxy groups -OCH3 is 1. The first-order valence-corrected chi connectivity index (χ1v) is 10.2. The van der Waals surface area contributed by atoms with Crippen LogP contribution in [0.4, 0.5) is 4.79 Å². The van der Waals surface area contributed by atoms with Gasteiger partial charge in [0.1, 0.15) is 6.10 Å². The average Bonchev–Trinajstić information content (AvgIpc) is 2.78. The number of hydrogen-bond acceptors (Lipinski definition) is 4. The zero-order valence-electron chi connectivity index (χ0n) is 17.4. The van der Waals surface area contributed by atoms with Crippen molar-refractivity contribution in [3.63, 3.8) is 0 Å². The van der Waals surface area contributed by atoms with E-state index in [0.717, 1.165) is 11.1 Å². The summed E-state index contributed by atoms with van der Waals surface area (Å²) < 4.78 is 5.08. The van der Waals surface area contributed by atoms with Gasteiger partial charge in [0.05, 0.1) is 19.6 Å². The third-order valence-corrected chi connectivity index (χ3v) is 5.59. The molecule has 3 atom stereocenters. The fourth-order valence-electron chi connectivity index (χ4n) is 4.04. The third kappa shape index (κ3) is 3.71. The molecule has 0 radical (unpaired) electrons. The summed E-state index contributed by atoms with van der Waals surface area (Å²) in [6, 6.07) is 17.3. The minimum absolute atomic E-state index is 0.195. The highest BCUT2D eigenvalue weighted by Crippen LogP contribution is 2.40. The van der Waals surface area contributed by atoms with Crippen LogP contribution in [0, 0.1) is 0 Å². The van der Waals surface area contributed by atoms with E-state index in [9.17, 15) is 9.59 Å². The fraction of sp³-hybridized carbons (Fsp3) is 0.333. The van der Waals surface area contributed by atoms with Gasteiger partial charge in [0.2, 0.25) is 0 Å². The molecule has 3 aliphatic rings. The predicted octanol–water partition coefficient (Wildman–Crippen LogP) is 4.20. The number of hydroxylamine groups is 2. The Morgan fingerprint density at radius 3 is 2.53 bits per heavy atom. The topological polar surface area (TPSA) is 59.1 Å². The van der Waals surface area contributed by atoms with Crippen molar-refractivity contribution in [1.82, 2.24) is 9.96 Å². The Morgan fingerprint density at radius 2 is 1.83 bits per heavy atom. The van der Waals surface area contributed by atoms with Gasteiger partial charge in [-0.2, -0.15) is 5.06 Å². The van der Waals surface area contributed by atoms with Crippen molar-refractivity contribution in [1.29, 1.82) is 0 Å². The van der Waals surface area contributed by atoms with Crippen molar-refractivity contribution in [2.24, 2.45) is 0 Å². The highest BCUT2D eigenvalue weighted by molar-refractivity contribution is 5.80. The van der Waals surface area contributed by atoms with E-state index in [-0.39, 0.29) is 18.4 Å². The molecule has 0 unspecified atom stereocenters. The Labute approximate surface area is 176 Å². The molecule has 30 heavy (non-hydrogen) atoms. The van der Waals surface area contributed by atoms with E-state index in [2.05, 4.69) is 26.0 Å². The van der Waals surface area contributed by atoms with Crippen molar-refractivity contribution in [2.75, 3.05) is 7.11 Å². The quantitative estimate of drug-likeness (QED) is 0.714. The van der Waals surface area contributed by atoms with Crippen molar-refractivity contribution in [2.45, 2.75) is 44.5 Å². The molecule has 6 nitrogen and oxygen atoms in total. The molecule has 2 bridgehead atoms. The van der Waals surface area contributed by atoms with Gasteiger partial charge in [0.15, 0.2) is 6.17 Å². The van der Waals surface area contributed by atoms with Gasteiger partial charge in [-0.3, -0.25) is 14.5 Å². The van der Waals surface area contributed by atoms with Gasteiger partial charge in [-0.15, -0.1) is 0 Å². The van der Waals surface area contributed by atoms with Crippen molar-refractivity contribution >= 4 is 12.0 Å². The number of carbonyl (C=O) groups excluding carboxylic acids is 2. The lowest BCUT2D eigenvalue weighted by atomic mass is 9.91. The van der Waals surface area contributed by atoms with E-state index < -0.39 is 18.4 Å². The van der Waals surface area contributed by atoms with Crippen LogP contribution in [0.1, 0.15) is 42.5 Å². The number of benzene rings is 2. The molecule has 3 heterocycles. The molecule has 0 aromatic heterocycles. The van der Waals surface area contributed by atoms with Crippen LogP contribution < -0.4 is 0 Å². The van der Waals surface area contributed by atoms with Crippen molar-refractivity contribution in [3.8, 4) is 0 Å². The summed E-state index contributed by atoms with van der Waals surface area (Å²) in [5, 5.41) is 1.30. The summed E-state index contributed by atoms with van der Waals surface area (Å²) >= 11 is 0. The van der Waals surface area contributed by atoms with Gasteiger partial charge < -0.3 is 4.74 Å². The number of fused-ring (bicyclic) bond motifs is 2. The molecule has 6 heteroatoms. The highest BCUT2D eigenvalue weighted by atomic mass is 16.7. The van der Waals surface area contributed by atoms with E-state index in [1.54, 1.807) is 4.90 Å². The van der Waals surface area contributed by atoms with Gasteiger partial charge in [0.25, 0.3) is 5.91 Å². The molecule has 0 aliphatic carbocycles. The molecule has 5 rings (SSSR count). The van der Waals surface area contributed by atoms with E-state index in [1.807, 2.05) is 54.6 Å². The second-order valence-corrected chi connectivity index (χ2v) is 7.90. The number of nitrogens with zero attached hydrogens (tertiary/aromatic N) is 2. The second-order valence-electron chi connectivity index (χ2n) is 7.90. The largest absolute Gasteiger partial charge is 0.453 e. The Morgan fingerprint density at radius 1 is 1.07 bits per heavy atom. The van der Waals surface area contributed by atoms with Crippen LogP contribution in [0.3, 0.4) is 0 Å². The molecule has 2 aromatic rings. The lowest BCUT2D eigenvalue weighted by Crippen LogP contribution is -2.63. The zero-order chi connectivity index (χ0) is 21.3. The fourth-order valence-corrected chi connectivity index (χ4v) is 4.04. The molecule has 2 aromatic carbocycles. The maximum absolute atomic E-state index is 13.0. The van der Waals surface area contributed by atoms with Crippen LogP contribution in [0.5, 0.6) is 0 Å². The number of ether oxygens (including phenoxy) is 1. The van der Waals surface area contributed by atoms with Gasteiger partial charge in [0, 0.05) is 0 Å². The molecule has 1 saturated heterocycles. The van der Waals surface area contributed by atoms with E-state index >= 15 is 0 Å². The van der Waals surface area contributed by atoms with E-state index in [0.29, 0.717) is 5.92 Å². The van der Waals surface area contributed by atoms with E-state index in [4.69, 9.17) is 9.57 Å². The van der Waals surface area contributed by atoms with E-state index in [1.165, 1.54) is 17.7 Å². The molecule has 0 saturated carbocycles. The third-order valence-electron chi connectivity index (χ3n) is 5.59. The zero-order valence-corrected chi connectivity index (χ0v) is 17.4. The minimum Gasteiger partial charge on any atom is -0.453 e. The summed E-state index contributed by atoms with van der Waals surface area (Å²) in [5.74, 6) is 0.154. The monoisotopic (exact) mass is 406 g/mol. The van der Waals surface area contributed by atoms with Gasteiger partial charge in [-0.05, 0) is 28.7 Å². The summed E-state index contributed by atoms with van der Waals surface area (Å²) in [6.45, 7) is 4.26. The van der Waals surface area contributed by atoms with Gasteiger partial charge >= 0.3 is 6.09 Å². The van der Waals surface area contributed by atoms with Crippen LogP contribution in [0.2, 0.25) is 0 Å². The molecule has 2 amide bonds. The van der Waals surface area contributed by atoms with Crippen LogP contribution >= 0.6 is 0 Å². The predicted molar refractivity (Wildman–Crippen MR) is 112 cm³/mol. The Kier molecular flexibility index (Phi) is 5.59. The maximum atomic E-state index is 13.0. The summed E-state index contributed by atoms with van der Waals surface area (Å²) in [4.78, 5) is 33.4. The highest BCUT2D eigenvalue weighted by Gasteiger charge is 2.49. The summed E-state index contributed by atoms with van der Waals surface area (Å²) in [7, 11) is 1.35. The number of carbonyl (C=O) groups is 2. The average molecular weight is 406 g/mol. The first kappa shape index (κ1) is 20.2. The van der Waals surface area contributed by atoms with Crippen LogP contribution in [-0.4, -0.2) is 41.3 Å². The molecule has 0 spiro atoms. The smallest absolute Gasteiger partial charge is 0.412 e. The molecule has 1 fully saturated rings. The number of hydrogen-bond donors (Lipinski definition) is 0. The van der Waals surface area contributed by atoms with Gasteiger partial charge in [-0.25, -0.2) is 4.79 Å². The Bertz CT molecular complexity index is 957. The summed E-state index contributed by atoms with van der Waals surface area (Å²) in [5.41, 5.74) is 3.03. The first-order valence-electron chi connectivity index (χ1n) is 10.2. The van der Waals surface area contributed by atoms with Gasteiger partial charge in [-0.1, -0.05) is 74.5 Å². The standard InChI is InChI=1S/C24H26N2O4/c1-16(2)18-10-7-11-19(15-18)23-20-12-13-21(25(23)24(28)29-3)26(30-20)22(27)14-17-8-5-4-6-9-17/h4-13,15-16,20-21,23H,14H2,1-3H3/t20-,21+,23+/m0/s1. The van der Waals surface area contributed by atoms with Crippen molar-refractivity contribution < 1.29 is 19.2 Å². The number of rotatable bonds is 4. The maximum Gasteiger partial charge on any atom is 0.412 e. The Balaban J connectivity index is 1.65.